The Morgan fingerprint density at radius 1 is 1.57 bits per heavy atom. The first-order chi connectivity index (χ1) is 11.0. The number of nitrogen functional groups attached to an aromatic ring is 1. The Hall–Kier alpha value is -2.04. The molecule has 122 valence electrons. The summed E-state index contributed by atoms with van der Waals surface area (Å²) < 4.78 is 19.3. The van der Waals surface area contributed by atoms with Crippen LogP contribution in [0.2, 0.25) is 0 Å². The molecule has 0 bridgehead atoms. The van der Waals surface area contributed by atoms with E-state index >= 15 is 0 Å². The van der Waals surface area contributed by atoms with Crippen molar-refractivity contribution in [2.75, 3.05) is 12.3 Å². The normalized spacial score (nSPS) is 32.5. The Morgan fingerprint density at radius 2 is 2.35 bits per heavy atom. The fourth-order valence-corrected chi connectivity index (χ4v) is 3.25. The SMILES string of the molecule is C#C[C@@]1(CO)CC[C@H](CC2C=Nc3c(N)nc(F)nc3C2C)O1. The maximum absolute atomic E-state index is 13.4. The lowest BCUT2D eigenvalue weighted by Gasteiger charge is -2.28. The molecule has 0 saturated carbocycles. The topological polar surface area (TPSA) is 93.6 Å². The zero-order valence-electron chi connectivity index (χ0n) is 12.9. The lowest BCUT2D eigenvalue weighted by atomic mass is 9.84. The minimum absolute atomic E-state index is 0.0356. The summed E-state index contributed by atoms with van der Waals surface area (Å²) in [6.07, 6.45) is 8.43. The van der Waals surface area contributed by atoms with Gasteiger partial charge in [-0.05, 0) is 19.3 Å². The highest BCUT2D eigenvalue weighted by Gasteiger charge is 2.40. The van der Waals surface area contributed by atoms with Gasteiger partial charge in [0.1, 0.15) is 5.69 Å². The number of aliphatic hydroxyl groups is 1. The third-order valence-corrected chi connectivity index (χ3v) is 4.70. The van der Waals surface area contributed by atoms with Gasteiger partial charge >= 0.3 is 6.08 Å². The molecule has 1 aromatic rings. The number of ether oxygens (including phenoxy) is 1. The Morgan fingerprint density at radius 3 is 3.00 bits per heavy atom. The summed E-state index contributed by atoms with van der Waals surface area (Å²) in [6, 6.07) is 0. The Kier molecular flexibility index (Phi) is 4.04. The van der Waals surface area contributed by atoms with Crippen molar-refractivity contribution >= 4 is 17.7 Å². The maximum Gasteiger partial charge on any atom is 0.310 e. The number of terminal acetylenes is 1. The number of aromatic nitrogens is 2. The summed E-state index contributed by atoms with van der Waals surface area (Å²) in [7, 11) is 0. The standard InChI is InChI=1S/C16H19FN4O2/c1-3-16(8-22)5-4-11(23-16)6-10-7-19-13-12(9(10)2)20-15(17)21-14(13)18/h1,7,9-11,22H,4-6,8H2,2H3,(H2,18,20,21)/t9?,10?,11-,16+/m1/s1. The number of nitrogens with two attached hydrogens (primary N) is 1. The van der Waals surface area contributed by atoms with E-state index in [1.807, 2.05) is 6.92 Å². The largest absolute Gasteiger partial charge is 0.392 e. The number of aliphatic imine (C=N–C) groups is 1. The molecular weight excluding hydrogens is 299 g/mol. The van der Waals surface area contributed by atoms with Crippen LogP contribution < -0.4 is 5.73 Å². The molecule has 0 aromatic carbocycles. The predicted molar refractivity (Wildman–Crippen MR) is 83.8 cm³/mol. The van der Waals surface area contributed by atoms with Crippen LogP contribution in [-0.2, 0) is 4.74 Å². The second kappa shape index (κ2) is 5.87. The Balaban J connectivity index is 1.76. The second-order valence-electron chi connectivity index (χ2n) is 6.15. The number of hydrogen-bond donors (Lipinski definition) is 2. The summed E-state index contributed by atoms with van der Waals surface area (Å²) in [4.78, 5) is 11.7. The molecular formula is C16H19FN4O2. The molecule has 2 aliphatic rings. The Labute approximate surface area is 134 Å². The Bertz CT molecular complexity index is 687. The first kappa shape index (κ1) is 15.8. The molecule has 1 saturated heterocycles. The summed E-state index contributed by atoms with van der Waals surface area (Å²) in [5, 5.41) is 9.42. The van der Waals surface area contributed by atoms with Crippen LogP contribution >= 0.6 is 0 Å². The van der Waals surface area contributed by atoms with Crippen molar-refractivity contribution in [3.8, 4) is 12.3 Å². The number of halogens is 1. The monoisotopic (exact) mass is 318 g/mol. The van der Waals surface area contributed by atoms with Crippen LogP contribution in [0.15, 0.2) is 4.99 Å². The molecule has 2 aliphatic heterocycles. The number of anilines is 1. The summed E-state index contributed by atoms with van der Waals surface area (Å²) in [5.41, 5.74) is 5.79. The van der Waals surface area contributed by atoms with Crippen molar-refractivity contribution in [1.29, 1.82) is 0 Å². The average Bonchev–Trinajstić information content (AvgIpc) is 2.94. The van der Waals surface area contributed by atoms with Gasteiger partial charge in [0, 0.05) is 18.1 Å². The molecule has 3 N–H and O–H groups in total. The number of rotatable bonds is 3. The predicted octanol–water partition coefficient (Wildman–Crippen LogP) is 1.57. The quantitative estimate of drug-likeness (QED) is 0.652. The van der Waals surface area contributed by atoms with Crippen LogP contribution in [0.3, 0.4) is 0 Å². The third kappa shape index (κ3) is 2.80. The van der Waals surface area contributed by atoms with Crippen LogP contribution in [0.25, 0.3) is 0 Å². The fraction of sp³-hybridized carbons (Fsp3) is 0.562. The van der Waals surface area contributed by atoms with Crippen LogP contribution in [0.1, 0.15) is 37.8 Å². The molecule has 23 heavy (non-hydrogen) atoms. The molecule has 3 heterocycles. The fourth-order valence-electron chi connectivity index (χ4n) is 3.25. The van der Waals surface area contributed by atoms with E-state index in [4.69, 9.17) is 16.9 Å². The van der Waals surface area contributed by atoms with E-state index in [9.17, 15) is 9.50 Å². The zero-order chi connectivity index (χ0) is 16.6. The van der Waals surface area contributed by atoms with Crippen molar-refractivity contribution in [1.82, 2.24) is 9.97 Å². The first-order valence-corrected chi connectivity index (χ1v) is 7.61. The number of hydrogen-bond acceptors (Lipinski definition) is 6. The minimum Gasteiger partial charge on any atom is -0.392 e. The molecule has 2 unspecified atom stereocenters. The van der Waals surface area contributed by atoms with Crippen molar-refractivity contribution in [3.05, 3.63) is 11.8 Å². The van der Waals surface area contributed by atoms with Crippen molar-refractivity contribution in [3.63, 3.8) is 0 Å². The van der Waals surface area contributed by atoms with Gasteiger partial charge in [-0.25, -0.2) is 4.98 Å². The van der Waals surface area contributed by atoms with Gasteiger partial charge in [0.15, 0.2) is 11.4 Å². The summed E-state index contributed by atoms with van der Waals surface area (Å²) >= 11 is 0. The average molecular weight is 318 g/mol. The van der Waals surface area contributed by atoms with E-state index < -0.39 is 11.7 Å². The van der Waals surface area contributed by atoms with E-state index in [1.54, 1.807) is 6.21 Å². The maximum atomic E-state index is 13.4. The molecule has 3 rings (SSSR count). The van der Waals surface area contributed by atoms with Crippen LogP contribution in [0.5, 0.6) is 0 Å². The minimum atomic E-state index is -0.879. The van der Waals surface area contributed by atoms with Crippen LogP contribution in [0.4, 0.5) is 15.9 Å². The van der Waals surface area contributed by atoms with Crippen molar-refractivity contribution in [2.45, 2.75) is 43.8 Å². The van der Waals surface area contributed by atoms with Crippen molar-refractivity contribution < 1.29 is 14.2 Å². The zero-order valence-corrected chi connectivity index (χ0v) is 12.9. The number of fused-ring (bicyclic) bond motifs is 1. The van der Waals surface area contributed by atoms with Gasteiger partial charge in [-0.15, -0.1) is 6.42 Å². The van der Waals surface area contributed by atoms with Gasteiger partial charge in [0.25, 0.3) is 0 Å². The molecule has 0 spiro atoms. The van der Waals surface area contributed by atoms with E-state index in [0.717, 1.165) is 6.42 Å². The second-order valence-corrected chi connectivity index (χ2v) is 6.15. The molecule has 0 radical (unpaired) electrons. The molecule has 1 fully saturated rings. The third-order valence-electron chi connectivity index (χ3n) is 4.70. The highest BCUT2D eigenvalue weighted by Crippen LogP contribution is 2.41. The van der Waals surface area contributed by atoms with E-state index in [0.29, 0.717) is 24.2 Å². The van der Waals surface area contributed by atoms with Gasteiger partial charge in [0.2, 0.25) is 0 Å². The van der Waals surface area contributed by atoms with E-state index in [-0.39, 0.29) is 30.4 Å². The molecule has 4 atom stereocenters. The molecule has 0 amide bonds. The summed E-state index contributed by atoms with van der Waals surface area (Å²) in [6.45, 7) is 1.77. The van der Waals surface area contributed by atoms with Gasteiger partial charge < -0.3 is 15.6 Å². The van der Waals surface area contributed by atoms with Crippen LogP contribution in [-0.4, -0.2) is 39.6 Å². The van der Waals surface area contributed by atoms with Gasteiger partial charge in [-0.3, -0.25) is 4.99 Å². The highest BCUT2D eigenvalue weighted by atomic mass is 19.1. The van der Waals surface area contributed by atoms with Gasteiger partial charge in [0.05, 0.1) is 18.4 Å². The molecule has 7 heteroatoms. The molecule has 1 aromatic heterocycles. The molecule has 6 nitrogen and oxygen atoms in total. The number of nitrogens with zero attached hydrogens (tertiary/aromatic N) is 3. The number of aliphatic hydroxyl groups excluding tert-OH is 1. The van der Waals surface area contributed by atoms with E-state index in [2.05, 4.69) is 20.9 Å². The molecule has 0 aliphatic carbocycles. The van der Waals surface area contributed by atoms with Crippen molar-refractivity contribution in [2.24, 2.45) is 10.9 Å². The smallest absolute Gasteiger partial charge is 0.310 e. The van der Waals surface area contributed by atoms with Gasteiger partial charge in [-0.2, -0.15) is 9.37 Å². The van der Waals surface area contributed by atoms with E-state index in [1.165, 1.54) is 0 Å². The lowest BCUT2D eigenvalue weighted by molar-refractivity contribution is -0.0397. The lowest BCUT2D eigenvalue weighted by Crippen LogP contribution is -2.32. The highest BCUT2D eigenvalue weighted by molar-refractivity contribution is 5.76. The first-order valence-electron chi connectivity index (χ1n) is 7.61. The van der Waals surface area contributed by atoms with Gasteiger partial charge in [-0.1, -0.05) is 12.8 Å². The van der Waals surface area contributed by atoms with Crippen LogP contribution in [0, 0.1) is 24.3 Å². The summed E-state index contributed by atoms with van der Waals surface area (Å²) in [5.74, 6) is 2.58.